The zero-order valence-corrected chi connectivity index (χ0v) is 21.5. The topological polar surface area (TPSA) is 96.0 Å². The number of carbonyl (C=O) groups is 2. The molecule has 2 amide bonds. The number of anilines is 1. The first-order valence-corrected chi connectivity index (χ1v) is 13.2. The summed E-state index contributed by atoms with van der Waals surface area (Å²) in [5.41, 5.74) is 0.882. The molecular weight excluding hydrogens is 478 g/mol. The van der Waals surface area contributed by atoms with Crippen LogP contribution in [0.5, 0.6) is 5.75 Å². The van der Waals surface area contributed by atoms with Gasteiger partial charge in [0, 0.05) is 18.1 Å². The van der Waals surface area contributed by atoms with Gasteiger partial charge >= 0.3 is 0 Å². The van der Waals surface area contributed by atoms with Crippen LogP contribution in [0.2, 0.25) is 5.02 Å². The van der Waals surface area contributed by atoms with Crippen LogP contribution in [0.4, 0.5) is 5.69 Å². The molecule has 0 aliphatic heterocycles. The number of unbranched alkanes of at least 4 members (excludes halogenated alkanes) is 1. The number of carbonyl (C=O) groups excluding carboxylic acids is 2. The number of benzene rings is 2. The number of nitrogens with one attached hydrogen (secondary N) is 1. The highest BCUT2D eigenvalue weighted by Gasteiger charge is 2.31. The van der Waals surface area contributed by atoms with Crippen molar-refractivity contribution in [2.75, 3.05) is 30.8 Å². The lowest BCUT2D eigenvalue weighted by atomic mass is 10.1. The zero-order valence-electron chi connectivity index (χ0n) is 20.0. The van der Waals surface area contributed by atoms with Gasteiger partial charge in [0.2, 0.25) is 21.8 Å². The molecule has 0 aliphatic rings. The van der Waals surface area contributed by atoms with E-state index >= 15 is 0 Å². The number of amides is 2. The van der Waals surface area contributed by atoms with E-state index in [1.165, 1.54) is 12.0 Å². The second kappa shape index (κ2) is 12.6. The molecule has 0 aliphatic carbocycles. The predicted octanol–water partition coefficient (Wildman–Crippen LogP) is 3.45. The quantitative estimate of drug-likeness (QED) is 0.442. The van der Waals surface area contributed by atoms with Gasteiger partial charge in [0.05, 0.1) is 19.1 Å². The molecule has 0 heterocycles. The van der Waals surface area contributed by atoms with Crippen molar-refractivity contribution in [2.24, 2.45) is 0 Å². The summed E-state index contributed by atoms with van der Waals surface area (Å²) in [4.78, 5) is 27.7. The summed E-state index contributed by atoms with van der Waals surface area (Å²) in [6.45, 7) is 3.66. The monoisotopic (exact) mass is 509 g/mol. The molecule has 2 rings (SSSR count). The Balaban J connectivity index is 2.40. The predicted molar refractivity (Wildman–Crippen MR) is 135 cm³/mol. The minimum absolute atomic E-state index is 0.0460. The molecule has 0 spiro atoms. The third-order valence-electron chi connectivity index (χ3n) is 5.33. The number of methoxy groups -OCH3 is 1. The van der Waals surface area contributed by atoms with Crippen molar-refractivity contribution in [3.63, 3.8) is 0 Å². The Bertz CT molecular complexity index is 1090. The highest BCUT2D eigenvalue weighted by molar-refractivity contribution is 7.92. The number of rotatable bonds is 12. The number of nitrogens with zero attached hydrogens (tertiary/aromatic N) is 2. The van der Waals surface area contributed by atoms with Crippen LogP contribution in [0.3, 0.4) is 0 Å². The molecule has 2 aromatic rings. The fraction of sp³-hybridized carbons (Fsp3) is 0.417. The van der Waals surface area contributed by atoms with Gasteiger partial charge in [0.15, 0.2) is 0 Å². The number of halogens is 1. The van der Waals surface area contributed by atoms with Gasteiger partial charge in [-0.3, -0.25) is 13.9 Å². The molecule has 10 heteroatoms. The summed E-state index contributed by atoms with van der Waals surface area (Å²) in [7, 11) is -2.42. The van der Waals surface area contributed by atoms with E-state index in [-0.39, 0.29) is 18.1 Å². The van der Waals surface area contributed by atoms with E-state index < -0.39 is 28.5 Å². The van der Waals surface area contributed by atoms with Gasteiger partial charge in [-0.15, -0.1) is 0 Å². The van der Waals surface area contributed by atoms with Crippen LogP contribution in [-0.2, 0) is 26.2 Å². The molecule has 0 bridgehead atoms. The largest absolute Gasteiger partial charge is 0.495 e. The van der Waals surface area contributed by atoms with Crippen molar-refractivity contribution >= 4 is 39.1 Å². The molecule has 0 saturated heterocycles. The average molecular weight is 510 g/mol. The standard InChI is InChI=1S/C24H32ClN3O5S/c1-5-6-15-26-24(30)18(2)27(16-19-11-7-8-12-20(19)25)23(29)17-28(34(4,31)32)21-13-9-10-14-22(21)33-3/h7-14,18H,5-6,15-17H2,1-4H3,(H,26,30)/t18-/m0/s1. The van der Waals surface area contributed by atoms with Gasteiger partial charge in [-0.25, -0.2) is 8.42 Å². The second-order valence-corrected chi connectivity index (χ2v) is 10.2. The van der Waals surface area contributed by atoms with Crippen molar-refractivity contribution in [1.29, 1.82) is 0 Å². The molecule has 0 radical (unpaired) electrons. The molecule has 8 nitrogen and oxygen atoms in total. The van der Waals surface area contributed by atoms with Crippen LogP contribution in [0, 0.1) is 0 Å². The van der Waals surface area contributed by atoms with Crippen LogP contribution in [0.25, 0.3) is 0 Å². The van der Waals surface area contributed by atoms with Crippen molar-refractivity contribution in [3.05, 3.63) is 59.1 Å². The van der Waals surface area contributed by atoms with E-state index in [1.54, 1.807) is 55.5 Å². The maximum atomic E-state index is 13.5. The Morgan fingerprint density at radius 2 is 1.76 bits per heavy atom. The Kier molecular flexibility index (Phi) is 10.2. The Labute approximate surface area is 206 Å². The summed E-state index contributed by atoms with van der Waals surface area (Å²) < 4.78 is 31.6. The lowest BCUT2D eigenvalue weighted by Gasteiger charge is -2.32. The maximum absolute atomic E-state index is 13.5. The molecule has 34 heavy (non-hydrogen) atoms. The van der Waals surface area contributed by atoms with E-state index in [2.05, 4.69) is 5.32 Å². The van der Waals surface area contributed by atoms with Crippen LogP contribution < -0.4 is 14.4 Å². The summed E-state index contributed by atoms with van der Waals surface area (Å²) in [5, 5.41) is 3.28. The van der Waals surface area contributed by atoms with Crippen molar-refractivity contribution in [3.8, 4) is 5.75 Å². The van der Waals surface area contributed by atoms with Crippen LogP contribution in [0.1, 0.15) is 32.3 Å². The molecule has 0 fully saturated rings. The zero-order chi connectivity index (χ0) is 25.3. The van der Waals surface area contributed by atoms with Gasteiger partial charge in [0.25, 0.3) is 0 Å². The van der Waals surface area contributed by atoms with Gasteiger partial charge in [-0.1, -0.05) is 55.3 Å². The third-order valence-corrected chi connectivity index (χ3v) is 6.82. The highest BCUT2D eigenvalue weighted by Crippen LogP contribution is 2.30. The lowest BCUT2D eigenvalue weighted by Crippen LogP contribution is -2.51. The van der Waals surface area contributed by atoms with E-state index in [4.69, 9.17) is 16.3 Å². The third kappa shape index (κ3) is 7.36. The molecule has 0 saturated carbocycles. The molecule has 0 aromatic heterocycles. The summed E-state index contributed by atoms with van der Waals surface area (Å²) in [5.74, 6) is -0.560. The van der Waals surface area contributed by atoms with Gasteiger partial charge in [-0.05, 0) is 37.1 Å². The van der Waals surface area contributed by atoms with Crippen LogP contribution in [0.15, 0.2) is 48.5 Å². The van der Waals surface area contributed by atoms with Gasteiger partial charge < -0.3 is 15.0 Å². The van der Waals surface area contributed by atoms with Crippen molar-refractivity contribution in [2.45, 2.75) is 39.3 Å². The molecule has 2 aromatic carbocycles. The first kappa shape index (κ1) is 27.5. The first-order valence-electron chi connectivity index (χ1n) is 11.0. The van der Waals surface area contributed by atoms with E-state index in [1.807, 2.05) is 6.92 Å². The molecule has 0 unspecified atom stereocenters. The number of ether oxygens (including phenoxy) is 1. The smallest absolute Gasteiger partial charge is 0.244 e. The molecule has 186 valence electrons. The number of hydrogen-bond acceptors (Lipinski definition) is 5. The van der Waals surface area contributed by atoms with E-state index in [9.17, 15) is 18.0 Å². The fourth-order valence-corrected chi connectivity index (χ4v) is 4.41. The van der Waals surface area contributed by atoms with Crippen molar-refractivity contribution < 1.29 is 22.7 Å². The highest BCUT2D eigenvalue weighted by atomic mass is 35.5. The SMILES string of the molecule is CCCCNC(=O)[C@H](C)N(Cc1ccccc1Cl)C(=O)CN(c1ccccc1OC)S(C)(=O)=O. The van der Waals surface area contributed by atoms with Crippen LogP contribution >= 0.6 is 11.6 Å². The normalized spacial score (nSPS) is 12.0. The first-order chi connectivity index (χ1) is 16.1. The summed E-state index contributed by atoms with van der Waals surface area (Å²) in [6, 6.07) is 12.7. The minimum Gasteiger partial charge on any atom is -0.495 e. The fourth-order valence-electron chi connectivity index (χ4n) is 3.36. The summed E-state index contributed by atoms with van der Waals surface area (Å²) in [6.07, 6.45) is 2.75. The maximum Gasteiger partial charge on any atom is 0.244 e. The Morgan fingerprint density at radius 3 is 2.38 bits per heavy atom. The Morgan fingerprint density at radius 1 is 1.12 bits per heavy atom. The molecule has 1 atom stereocenters. The van der Waals surface area contributed by atoms with Gasteiger partial charge in [0.1, 0.15) is 18.3 Å². The number of para-hydroxylation sites is 2. The Hall–Kier alpha value is -2.78. The molecule has 1 N–H and O–H groups in total. The average Bonchev–Trinajstić information content (AvgIpc) is 2.80. The molecular formula is C24H32ClN3O5S. The van der Waals surface area contributed by atoms with Crippen molar-refractivity contribution in [1.82, 2.24) is 10.2 Å². The van der Waals surface area contributed by atoms with E-state index in [0.717, 1.165) is 23.4 Å². The number of sulfonamides is 1. The van der Waals surface area contributed by atoms with Crippen LogP contribution in [-0.4, -0.2) is 57.6 Å². The number of hydrogen-bond donors (Lipinski definition) is 1. The van der Waals surface area contributed by atoms with E-state index in [0.29, 0.717) is 22.9 Å². The minimum atomic E-state index is -3.84. The lowest BCUT2D eigenvalue weighted by molar-refractivity contribution is -0.139. The van der Waals surface area contributed by atoms with Gasteiger partial charge in [-0.2, -0.15) is 0 Å². The second-order valence-electron chi connectivity index (χ2n) is 7.88. The summed E-state index contributed by atoms with van der Waals surface area (Å²) >= 11 is 6.31.